The molecule has 0 radical (unpaired) electrons. The molecule has 0 bridgehead atoms. The lowest BCUT2D eigenvalue weighted by Gasteiger charge is -2.33. The minimum absolute atomic E-state index is 0.131. The number of hydrogen-bond acceptors (Lipinski definition) is 3. The third-order valence-electron chi connectivity index (χ3n) is 2.65. The summed E-state index contributed by atoms with van der Waals surface area (Å²) in [7, 11) is 0. The van der Waals surface area contributed by atoms with Crippen molar-refractivity contribution in [3.05, 3.63) is 17.7 Å². The molecule has 1 aromatic heterocycles. The highest BCUT2D eigenvalue weighted by Gasteiger charge is 2.29. The van der Waals surface area contributed by atoms with Crippen LogP contribution in [0.4, 0.5) is 11.6 Å². The van der Waals surface area contributed by atoms with Gasteiger partial charge in [-0.2, -0.15) is 0 Å². The monoisotopic (exact) mass is 191 g/mol. The molecule has 0 atom stereocenters. The van der Waals surface area contributed by atoms with Crippen LogP contribution >= 0.6 is 0 Å². The zero-order chi connectivity index (χ0) is 10.3. The first kappa shape index (κ1) is 9.31. The molecule has 3 nitrogen and oxygen atoms in total. The number of rotatable bonds is 0. The van der Waals surface area contributed by atoms with E-state index in [1.54, 1.807) is 0 Å². The molecule has 2 N–H and O–H groups in total. The molecule has 1 aliphatic rings. The molecule has 2 rings (SSSR count). The van der Waals surface area contributed by atoms with E-state index in [-0.39, 0.29) is 5.54 Å². The summed E-state index contributed by atoms with van der Waals surface area (Å²) in [6.07, 6.45) is 1.08. The maximum Gasteiger partial charge on any atom is 0.134 e. The second-order valence-electron chi connectivity index (χ2n) is 4.79. The van der Waals surface area contributed by atoms with Crippen molar-refractivity contribution in [1.29, 1.82) is 0 Å². The van der Waals surface area contributed by atoms with Gasteiger partial charge in [-0.3, -0.25) is 0 Å². The third kappa shape index (κ3) is 1.43. The minimum atomic E-state index is 0.131. The van der Waals surface area contributed by atoms with E-state index in [1.165, 1.54) is 5.56 Å². The highest BCUT2D eigenvalue weighted by Crippen LogP contribution is 2.32. The average molecular weight is 191 g/mol. The highest BCUT2D eigenvalue weighted by molar-refractivity contribution is 5.57. The van der Waals surface area contributed by atoms with E-state index in [2.05, 4.69) is 36.7 Å². The molecular weight excluding hydrogens is 174 g/mol. The van der Waals surface area contributed by atoms with Crippen molar-refractivity contribution in [2.75, 3.05) is 17.2 Å². The van der Waals surface area contributed by atoms with E-state index >= 15 is 0 Å². The van der Waals surface area contributed by atoms with Crippen LogP contribution in [-0.2, 0) is 6.42 Å². The Morgan fingerprint density at radius 1 is 1.36 bits per heavy atom. The Balaban J connectivity index is 2.43. The molecule has 0 aromatic carbocycles. The second kappa shape index (κ2) is 2.87. The molecule has 0 saturated heterocycles. The first-order valence-electron chi connectivity index (χ1n) is 5.01. The van der Waals surface area contributed by atoms with Crippen molar-refractivity contribution < 1.29 is 0 Å². The molecule has 0 spiro atoms. The standard InChI is InChI=1S/C11H17N3/c1-11(2,3)14-7-6-8-4-5-9(12)13-10(8)14/h4-5H,6-7H2,1-3H3,(H2,12,13). The Hall–Kier alpha value is -1.25. The number of nitrogens with two attached hydrogens (primary N) is 1. The topological polar surface area (TPSA) is 42.1 Å². The number of pyridine rings is 1. The summed E-state index contributed by atoms with van der Waals surface area (Å²) in [4.78, 5) is 6.72. The SMILES string of the molecule is CC(C)(C)N1CCc2ccc(N)nc21. The Kier molecular flexibility index (Phi) is 1.91. The van der Waals surface area contributed by atoms with Crippen LogP contribution in [0.5, 0.6) is 0 Å². The Bertz CT molecular complexity index is 352. The summed E-state index contributed by atoms with van der Waals surface area (Å²) < 4.78 is 0. The van der Waals surface area contributed by atoms with E-state index in [0.29, 0.717) is 5.82 Å². The third-order valence-corrected chi connectivity index (χ3v) is 2.65. The van der Waals surface area contributed by atoms with Crippen LogP contribution in [0.25, 0.3) is 0 Å². The maximum absolute atomic E-state index is 5.70. The van der Waals surface area contributed by atoms with Crippen molar-refractivity contribution in [1.82, 2.24) is 4.98 Å². The van der Waals surface area contributed by atoms with Gasteiger partial charge in [-0.25, -0.2) is 4.98 Å². The van der Waals surface area contributed by atoms with E-state index in [9.17, 15) is 0 Å². The number of aromatic nitrogens is 1. The Morgan fingerprint density at radius 2 is 2.07 bits per heavy atom. The van der Waals surface area contributed by atoms with Gasteiger partial charge in [0, 0.05) is 12.1 Å². The molecule has 76 valence electrons. The normalized spacial score (nSPS) is 15.8. The highest BCUT2D eigenvalue weighted by atomic mass is 15.3. The summed E-state index contributed by atoms with van der Waals surface area (Å²) in [5.74, 6) is 1.68. The smallest absolute Gasteiger partial charge is 0.134 e. The van der Waals surface area contributed by atoms with Crippen LogP contribution in [0.15, 0.2) is 12.1 Å². The second-order valence-corrected chi connectivity index (χ2v) is 4.79. The molecule has 0 saturated carbocycles. The van der Waals surface area contributed by atoms with Gasteiger partial charge >= 0.3 is 0 Å². The summed E-state index contributed by atoms with van der Waals surface area (Å²) in [5, 5.41) is 0. The molecular formula is C11H17N3. The van der Waals surface area contributed by atoms with Gasteiger partial charge in [0.1, 0.15) is 11.6 Å². The zero-order valence-corrected chi connectivity index (χ0v) is 9.04. The van der Waals surface area contributed by atoms with E-state index < -0.39 is 0 Å². The van der Waals surface area contributed by atoms with Crippen molar-refractivity contribution in [3.63, 3.8) is 0 Å². The van der Waals surface area contributed by atoms with E-state index in [4.69, 9.17) is 5.73 Å². The molecule has 0 amide bonds. The van der Waals surface area contributed by atoms with Gasteiger partial charge in [0.15, 0.2) is 0 Å². The molecule has 0 aliphatic carbocycles. The van der Waals surface area contributed by atoms with Crippen LogP contribution in [0.3, 0.4) is 0 Å². The quantitative estimate of drug-likeness (QED) is 0.680. The van der Waals surface area contributed by atoms with Crippen LogP contribution in [0, 0.1) is 0 Å². The van der Waals surface area contributed by atoms with Crippen LogP contribution in [0.1, 0.15) is 26.3 Å². The Labute approximate surface area is 84.9 Å². The van der Waals surface area contributed by atoms with Crippen LogP contribution < -0.4 is 10.6 Å². The number of anilines is 2. The number of nitrogens with zero attached hydrogens (tertiary/aromatic N) is 2. The molecule has 1 aliphatic heterocycles. The fourth-order valence-corrected chi connectivity index (χ4v) is 1.91. The van der Waals surface area contributed by atoms with Crippen molar-refractivity contribution in [2.24, 2.45) is 0 Å². The predicted octanol–water partition coefficient (Wildman–Crippen LogP) is 1.82. The average Bonchev–Trinajstić information content (AvgIpc) is 2.45. The van der Waals surface area contributed by atoms with Crippen LogP contribution in [-0.4, -0.2) is 17.1 Å². The minimum Gasteiger partial charge on any atom is -0.384 e. The fourth-order valence-electron chi connectivity index (χ4n) is 1.91. The van der Waals surface area contributed by atoms with Gasteiger partial charge < -0.3 is 10.6 Å². The van der Waals surface area contributed by atoms with Crippen molar-refractivity contribution >= 4 is 11.6 Å². The summed E-state index contributed by atoms with van der Waals surface area (Å²) in [6, 6.07) is 3.97. The van der Waals surface area contributed by atoms with Gasteiger partial charge in [-0.05, 0) is 38.8 Å². The number of hydrogen-bond donors (Lipinski definition) is 1. The Morgan fingerprint density at radius 3 is 2.71 bits per heavy atom. The molecule has 1 aromatic rings. The lowest BCUT2D eigenvalue weighted by molar-refractivity contribution is 0.514. The fraction of sp³-hybridized carbons (Fsp3) is 0.545. The largest absolute Gasteiger partial charge is 0.384 e. The van der Waals surface area contributed by atoms with Gasteiger partial charge in [0.05, 0.1) is 0 Å². The molecule has 0 unspecified atom stereocenters. The molecule has 3 heteroatoms. The lowest BCUT2D eigenvalue weighted by Crippen LogP contribution is -2.40. The van der Waals surface area contributed by atoms with Gasteiger partial charge in [0.2, 0.25) is 0 Å². The number of fused-ring (bicyclic) bond motifs is 1. The van der Waals surface area contributed by atoms with E-state index in [1.807, 2.05) is 6.07 Å². The van der Waals surface area contributed by atoms with Crippen LogP contribution in [0.2, 0.25) is 0 Å². The summed E-state index contributed by atoms with van der Waals surface area (Å²) in [5.41, 5.74) is 7.14. The van der Waals surface area contributed by atoms with Crippen molar-refractivity contribution in [3.8, 4) is 0 Å². The van der Waals surface area contributed by atoms with Gasteiger partial charge in [-0.1, -0.05) is 6.07 Å². The van der Waals surface area contributed by atoms with E-state index in [0.717, 1.165) is 18.8 Å². The maximum atomic E-state index is 5.70. The number of nitrogen functional groups attached to an aromatic ring is 1. The van der Waals surface area contributed by atoms with Crippen molar-refractivity contribution in [2.45, 2.75) is 32.7 Å². The molecule has 2 heterocycles. The predicted molar refractivity (Wildman–Crippen MR) is 59.5 cm³/mol. The molecule has 14 heavy (non-hydrogen) atoms. The lowest BCUT2D eigenvalue weighted by atomic mass is 10.1. The van der Waals surface area contributed by atoms with Gasteiger partial charge in [-0.15, -0.1) is 0 Å². The molecule has 0 fully saturated rings. The van der Waals surface area contributed by atoms with Gasteiger partial charge in [0.25, 0.3) is 0 Å². The zero-order valence-electron chi connectivity index (χ0n) is 9.04. The summed E-state index contributed by atoms with van der Waals surface area (Å²) >= 11 is 0. The summed E-state index contributed by atoms with van der Waals surface area (Å²) in [6.45, 7) is 7.65. The first-order valence-corrected chi connectivity index (χ1v) is 5.01. The first-order chi connectivity index (χ1) is 6.48.